The van der Waals surface area contributed by atoms with Gasteiger partial charge in [-0.05, 0) is 67.4 Å². The van der Waals surface area contributed by atoms with Gasteiger partial charge in [0.25, 0.3) is 5.91 Å². The lowest BCUT2D eigenvalue weighted by atomic mass is 10.1. The SMILES string of the molecule is COC(=O)C1=C(C)N([C@@H](C)c2ccccc2)C(=O)/C1=C/c1ccc(CN(Cc2ccccc2)S(=O)(=O)c2ccc(Cl)cc2)o1. The standard InChI is InChI=1S/C34H31ClN2O6S/c1-23(26-12-8-5-9-13-26)37-24(2)32(34(39)42-3)31(33(37)38)20-28-16-17-29(43-28)22-36(21-25-10-6-4-7-11-25)44(40,41)30-18-14-27(35)15-19-30/h4-20,23H,21-22H2,1-3H3/b31-20+/t23-/m0/s1. The van der Waals surface area contributed by atoms with Crippen LogP contribution in [-0.2, 0) is 37.4 Å². The molecule has 0 N–H and O–H groups in total. The minimum absolute atomic E-state index is 0.0765. The number of carbonyl (C=O) groups excluding carboxylic acids is 2. The third kappa shape index (κ3) is 6.40. The number of hydrogen-bond donors (Lipinski definition) is 0. The van der Waals surface area contributed by atoms with Crippen LogP contribution in [0.3, 0.4) is 0 Å². The zero-order valence-electron chi connectivity index (χ0n) is 24.4. The first-order chi connectivity index (χ1) is 21.1. The summed E-state index contributed by atoms with van der Waals surface area (Å²) in [5.41, 5.74) is 2.46. The van der Waals surface area contributed by atoms with E-state index in [9.17, 15) is 18.0 Å². The third-order valence-corrected chi connectivity index (χ3v) is 9.51. The van der Waals surface area contributed by atoms with Gasteiger partial charge >= 0.3 is 5.97 Å². The second kappa shape index (κ2) is 13.1. The Bertz CT molecular complexity index is 1830. The van der Waals surface area contributed by atoms with Gasteiger partial charge in [0.2, 0.25) is 10.0 Å². The van der Waals surface area contributed by atoms with Gasteiger partial charge in [0.15, 0.2) is 0 Å². The summed E-state index contributed by atoms with van der Waals surface area (Å²) in [7, 11) is -2.67. The van der Waals surface area contributed by atoms with Crippen molar-refractivity contribution < 1.29 is 27.2 Å². The van der Waals surface area contributed by atoms with E-state index >= 15 is 0 Å². The first-order valence-electron chi connectivity index (χ1n) is 13.9. The van der Waals surface area contributed by atoms with Crippen LogP contribution < -0.4 is 0 Å². The molecule has 1 aliphatic rings. The number of allylic oxidation sites excluding steroid dienone is 1. The maximum absolute atomic E-state index is 13.7. The highest BCUT2D eigenvalue weighted by atomic mass is 35.5. The van der Waals surface area contributed by atoms with Gasteiger partial charge in [0.1, 0.15) is 11.5 Å². The number of carbonyl (C=O) groups is 2. The van der Waals surface area contributed by atoms with Crippen LogP contribution in [0.1, 0.15) is 42.5 Å². The molecule has 5 rings (SSSR count). The van der Waals surface area contributed by atoms with Gasteiger partial charge in [-0.15, -0.1) is 0 Å². The molecule has 1 aromatic heterocycles. The zero-order valence-corrected chi connectivity index (χ0v) is 26.0. The quantitative estimate of drug-likeness (QED) is 0.142. The van der Waals surface area contributed by atoms with Crippen molar-refractivity contribution in [3.63, 3.8) is 0 Å². The van der Waals surface area contributed by atoms with Gasteiger partial charge in [-0.25, -0.2) is 13.2 Å². The molecule has 8 nitrogen and oxygen atoms in total. The van der Waals surface area contributed by atoms with Crippen molar-refractivity contribution in [1.82, 2.24) is 9.21 Å². The van der Waals surface area contributed by atoms with E-state index < -0.39 is 16.0 Å². The minimum Gasteiger partial charge on any atom is -0.465 e. The molecule has 0 bridgehead atoms. The number of amides is 1. The molecule has 44 heavy (non-hydrogen) atoms. The van der Waals surface area contributed by atoms with Gasteiger partial charge < -0.3 is 14.1 Å². The summed E-state index contributed by atoms with van der Waals surface area (Å²) < 4.78 is 39.8. The van der Waals surface area contributed by atoms with Crippen LogP contribution in [-0.4, -0.2) is 36.6 Å². The third-order valence-electron chi connectivity index (χ3n) is 7.45. The van der Waals surface area contributed by atoms with E-state index in [0.29, 0.717) is 16.5 Å². The van der Waals surface area contributed by atoms with Crippen molar-refractivity contribution in [3.8, 4) is 0 Å². The van der Waals surface area contributed by atoms with Crippen LogP contribution in [0.2, 0.25) is 5.02 Å². The molecule has 1 atom stereocenters. The fraction of sp³-hybridized carbons (Fsp3) is 0.176. The predicted octanol–water partition coefficient (Wildman–Crippen LogP) is 6.76. The van der Waals surface area contributed by atoms with Gasteiger partial charge in [-0.2, -0.15) is 4.31 Å². The first kappa shape index (κ1) is 31.0. The number of hydrogen-bond acceptors (Lipinski definition) is 6. The highest BCUT2D eigenvalue weighted by molar-refractivity contribution is 7.89. The lowest BCUT2D eigenvalue weighted by Gasteiger charge is -2.26. The topological polar surface area (TPSA) is 97.1 Å². The molecule has 1 aliphatic heterocycles. The van der Waals surface area contributed by atoms with E-state index in [2.05, 4.69) is 0 Å². The summed E-state index contributed by atoms with van der Waals surface area (Å²) in [4.78, 5) is 28.3. The minimum atomic E-state index is -3.94. The monoisotopic (exact) mass is 630 g/mol. The molecule has 226 valence electrons. The molecular weight excluding hydrogens is 600 g/mol. The molecule has 0 spiro atoms. The molecule has 0 saturated carbocycles. The van der Waals surface area contributed by atoms with Gasteiger partial charge in [0.05, 0.1) is 35.7 Å². The normalized spacial score (nSPS) is 15.3. The maximum atomic E-state index is 13.7. The van der Waals surface area contributed by atoms with Crippen LogP contribution in [0, 0.1) is 0 Å². The van der Waals surface area contributed by atoms with E-state index in [-0.39, 0.29) is 46.8 Å². The van der Waals surface area contributed by atoms with E-state index in [1.807, 2.05) is 67.6 Å². The van der Waals surface area contributed by atoms with Crippen LogP contribution in [0.25, 0.3) is 6.08 Å². The Kier molecular flexibility index (Phi) is 9.20. The lowest BCUT2D eigenvalue weighted by molar-refractivity contribution is -0.136. The Labute approximate surface area is 261 Å². The number of esters is 1. The van der Waals surface area contributed by atoms with Gasteiger partial charge in [-0.3, -0.25) is 4.79 Å². The number of sulfonamides is 1. The fourth-order valence-corrected chi connectivity index (χ4v) is 6.71. The molecule has 0 fully saturated rings. The molecule has 3 aromatic carbocycles. The second-order valence-electron chi connectivity index (χ2n) is 10.3. The fourth-order valence-electron chi connectivity index (χ4n) is 5.19. The van der Waals surface area contributed by atoms with Crippen molar-refractivity contribution in [3.05, 3.63) is 142 Å². The Morgan fingerprint density at radius 3 is 2.23 bits per heavy atom. The summed E-state index contributed by atoms with van der Waals surface area (Å²) in [5.74, 6) is -0.367. The maximum Gasteiger partial charge on any atom is 0.340 e. The number of benzene rings is 3. The average Bonchev–Trinajstić information content (AvgIpc) is 3.57. The summed E-state index contributed by atoms with van der Waals surface area (Å²) in [6.07, 6.45) is 1.49. The van der Waals surface area contributed by atoms with Crippen molar-refractivity contribution in [1.29, 1.82) is 0 Å². The largest absolute Gasteiger partial charge is 0.465 e. The van der Waals surface area contributed by atoms with Gasteiger partial charge in [-0.1, -0.05) is 72.3 Å². The molecule has 4 aromatic rings. The Hall–Kier alpha value is -4.44. The lowest BCUT2D eigenvalue weighted by Crippen LogP contribution is -2.30. The molecule has 2 heterocycles. The molecule has 0 saturated heterocycles. The summed E-state index contributed by atoms with van der Waals surface area (Å²) in [6.45, 7) is 3.62. The van der Waals surface area contributed by atoms with Crippen LogP contribution in [0.4, 0.5) is 0 Å². The number of ether oxygens (including phenoxy) is 1. The molecular formula is C34H31ClN2O6S. The Morgan fingerprint density at radius 2 is 1.59 bits per heavy atom. The highest BCUT2D eigenvalue weighted by Gasteiger charge is 2.40. The summed E-state index contributed by atoms with van der Waals surface area (Å²) in [5, 5.41) is 0.427. The number of methoxy groups -OCH3 is 1. The second-order valence-corrected chi connectivity index (χ2v) is 12.7. The number of rotatable bonds is 10. The summed E-state index contributed by atoms with van der Waals surface area (Å²) in [6, 6.07) is 27.7. The molecule has 0 aliphatic carbocycles. The van der Waals surface area contributed by atoms with E-state index in [1.54, 1.807) is 24.0 Å². The highest BCUT2D eigenvalue weighted by Crippen LogP contribution is 2.38. The first-order valence-corrected chi connectivity index (χ1v) is 15.7. The molecule has 0 unspecified atom stereocenters. The van der Waals surface area contributed by atoms with Crippen LogP contribution in [0.15, 0.2) is 123 Å². The van der Waals surface area contributed by atoms with E-state index in [0.717, 1.165) is 11.1 Å². The van der Waals surface area contributed by atoms with Crippen LogP contribution >= 0.6 is 11.6 Å². The molecule has 0 radical (unpaired) electrons. The van der Waals surface area contributed by atoms with Crippen LogP contribution in [0.5, 0.6) is 0 Å². The summed E-state index contributed by atoms with van der Waals surface area (Å²) >= 11 is 6.00. The van der Waals surface area contributed by atoms with Crippen molar-refractivity contribution in [2.75, 3.05) is 7.11 Å². The predicted molar refractivity (Wildman–Crippen MR) is 167 cm³/mol. The van der Waals surface area contributed by atoms with Crippen molar-refractivity contribution in [2.24, 2.45) is 0 Å². The molecule has 1 amide bonds. The van der Waals surface area contributed by atoms with Crippen molar-refractivity contribution >= 4 is 39.6 Å². The van der Waals surface area contributed by atoms with E-state index in [1.165, 1.54) is 41.8 Å². The average molecular weight is 631 g/mol. The molecule has 10 heteroatoms. The number of halogens is 1. The van der Waals surface area contributed by atoms with Gasteiger partial charge in [0, 0.05) is 17.3 Å². The number of nitrogens with zero attached hydrogens (tertiary/aromatic N) is 2. The van der Waals surface area contributed by atoms with Crippen molar-refractivity contribution in [2.45, 2.75) is 37.9 Å². The Balaban J connectivity index is 1.47. The zero-order chi connectivity index (χ0) is 31.4. The number of furan rings is 1. The Morgan fingerprint density at radius 1 is 0.955 bits per heavy atom. The smallest absolute Gasteiger partial charge is 0.340 e. The van der Waals surface area contributed by atoms with E-state index in [4.69, 9.17) is 20.8 Å².